The topological polar surface area (TPSA) is 101 Å². The molecule has 4 aromatic rings. The van der Waals surface area contributed by atoms with Gasteiger partial charge in [0.25, 0.3) is 0 Å². The maximum Gasteiger partial charge on any atom is 0.335 e. The van der Waals surface area contributed by atoms with Gasteiger partial charge < -0.3 is 19.1 Å². The van der Waals surface area contributed by atoms with E-state index in [1.807, 2.05) is 18.2 Å². The number of hydrogen-bond acceptors (Lipinski definition) is 6. The van der Waals surface area contributed by atoms with E-state index < -0.39 is 11.8 Å². The predicted octanol–water partition coefficient (Wildman–Crippen LogP) is 5.33. The maximum atomic E-state index is 14.2. The standard InChI is InChI=1S/C31H29FN4O4.2H2S/c32-26-13-20(15-33)4-7-29(26)40-19-21-2-1-3-22(12-21)24-8-10-35(16-24)18-30-34-27-6-5-23(31(37)38)14-28(27)36(30)17-25-9-11-39-25;;/h1-7,12-14,24-25H,8-11,16-19H2,(H,37,38);2*1H2/t24-,25+;;/m1../s1. The van der Waals surface area contributed by atoms with Crippen molar-refractivity contribution in [2.45, 2.75) is 44.6 Å². The smallest absolute Gasteiger partial charge is 0.335 e. The summed E-state index contributed by atoms with van der Waals surface area (Å²) in [7, 11) is 0. The van der Waals surface area contributed by atoms with Gasteiger partial charge in [-0.3, -0.25) is 4.90 Å². The fourth-order valence-electron chi connectivity index (χ4n) is 5.50. The number of carbonyl (C=O) groups is 1. The second kappa shape index (κ2) is 13.6. The van der Waals surface area contributed by atoms with Crippen molar-refractivity contribution in [3.63, 3.8) is 0 Å². The fraction of sp³-hybridized carbons (Fsp3) is 0.323. The molecular formula is C31H33FN4O4S2. The average Bonchev–Trinajstić information content (AvgIpc) is 3.54. The number of carboxylic acid groups (broad SMARTS) is 1. The molecule has 0 unspecified atom stereocenters. The van der Waals surface area contributed by atoms with E-state index in [-0.39, 0.29) is 56.6 Å². The molecule has 0 spiro atoms. The first-order chi connectivity index (χ1) is 19.5. The lowest BCUT2D eigenvalue weighted by Crippen LogP contribution is -2.32. The molecule has 42 heavy (non-hydrogen) atoms. The van der Waals surface area contributed by atoms with Crippen LogP contribution in [0.2, 0.25) is 0 Å². The molecule has 6 rings (SSSR count). The minimum absolute atomic E-state index is 0. The van der Waals surface area contributed by atoms with Crippen LogP contribution in [0.4, 0.5) is 4.39 Å². The number of ether oxygens (including phenoxy) is 2. The minimum Gasteiger partial charge on any atom is -0.486 e. The number of nitriles is 1. The van der Waals surface area contributed by atoms with E-state index in [9.17, 15) is 14.3 Å². The van der Waals surface area contributed by atoms with Gasteiger partial charge in [0.05, 0.1) is 47.4 Å². The minimum atomic E-state index is -0.951. The van der Waals surface area contributed by atoms with Gasteiger partial charge >= 0.3 is 5.97 Å². The average molecular weight is 609 g/mol. The third-order valence-electron chi connectivity index (χ3n) is 7.77. The highest BCUT2D eigenvalue weighted by molar-refractivity contribution is 7.59. The van der Waals surface area contributed by atoms with Gasteiger partial charge in [-0.15, -0.1) is 0 Å². The Morgan fingerprint density at radius 1 is 1.14 bits per heavy atom. The molecule has 0 amide bonds. The van der Waals surface area contributed by atoms with Crippen LogP contribution >= 0.6 is 27.0 Å². The normalized spacial score (nSPS) is 18.0. The molecule has 3 heterocycles. The number of halogens is 1. The zero-order valence-electron chi connectivity index (χ0n) is 22.9. The van der Waals surface area contributed by atoms with Crippen LogP contribution in [0.15, 0.2) is 60.7 Å². The maximum absolute atomic E-state index is 14.2. The van der Waals surface area contributed by atoms with Crippen molar-refractivity contribution < 1.29 is 23.8 Å². The molecule has 0 bridgehead atoms. The molecule has 2 saturated heterocycles. The Labute approximate surface area is 257 Å². The number of aromatic nitrogens is 2. The molecule has 3 aromatic carbocycles. The van der Waals surface area contributed by atoms with Crippen molar-refractivity contribution in [2.75, 3.05) is 19.7 Å². The Bertz CT molecular complexity index is 1620. The van der Waals surface area contributed by atoms with E-state index in [1.54, 1.807) is 24.3 Å². The quantitative estimate of drug-likeness (QED) is 0.274. The SMILES string of the molecule is N#Cc1ccc(OCc2cccc([C@@H]3CCN(Cc4nc5ccc(C(=O)O)cc5n4C[C@@H]4CCO4)C3)c2)c(F)c1.S.S. The van der Waals surface area contributed by atoms with Gasteiger partial charge in [-0.2, -0.15) is 32.3 Å². The summed E-state index contributed by atoms with van der Waals surface area (Å²) in [5.74, 6) is -0.107. The van der Waals surface area contributed by atoms with Crippen LogP contribution in [-0.4, -0.2) is 51.3 Å². The number of benzene rings is 3. The summed E-state index contributed by atoms with van der Waals surface area (Å²) < 4.78 is 27.7. The molecule has 11 heteroatoms. The van der Waals surface area contributed by atoms with Crippen LogP contribution in [0.1, 0.15) is 51.6 Å². The summed E-state index contributed by atoms with van der Waals surface area (Å²) in [5.41, 5.74) is 4.30. The molecule has 0 saturated carbocycles. The predicted molar refractivity (Wildman–Crippen MR) is 166 cm³/mol. The fourth-order valence-corrected chi connectivity index (χ4v) is 5.50. The Morgan fingerprint density at radius 3 is 2.69 bits per heavy atom. The first-order valence-electron chi connectivity index (χ1n) is 13.4. The largest absolute Gasteiger partial charge is 0.486 e. The van der Waals surface area contributed by atoms with Gasteiger partial charge in [-0.25, -0.2) is 14.2 Å². The second-order valence-electron chi connectivity index (χ2n) is 10.4. The van der Waals surface area contributed by atoms with Crippen molar-refractivity contribution in [3.8, 4) is 11.8 Å². The Kier molecular flexibility index (Phi) is 10.2. The number of nitrogens with zero attached hydrogens (tertiary/aromatic N) is 4. The highest BCUT2D eigenvalue weighted by atomic mass is 32.1. The van der Waals surface area contributed by atoms with Crippen LogP contribution in [-0.2, 0) is 24.4 Å². The van der Waals surface area contributed by atoms with Crippen LogP contribution in [0.5, 0.6) is 5.75 Å². The number of carboxylic acids is 1. The first kappa shape index (κ1) is 31.4. The summed E-state index contributed by atoms with van der Waals surface area (Å²) in [6.07, 6.45) is 2.11. The van der Waals surface area contributed by atoms with E-state index in [0.29, 0.717) is 19.0 Å². The highest BCUT2D eigenvalue weighted by Gasteiger charge is 2.27. The van der Waals surface area contributed by atoms with Crippen LogP contribution in [0, 0.1) is 17.1 Å². The molecule has 1 aromatic heterocycles. The summed E-state index contributed by atoms with van der Waals surface area (Å²) in [4.78, 5) is 18.8. The lowest BCUT2D eigenvalue weighted by molar-refractivity contribution is -0.0591. The van der Waals surface area contributed by atoms with E-state index in [0.717, 1.165) is 55.0 Å². The summed E-state index contributed by atoms with van der Waals surface area (Å²) in [5, 5.41) is 18.4. The van der Waals surface area contributed by atoms with Gasteiger partial charge in [-0.05, 0) is 72.8 Å². The summed E-state index contributed by atoms with van der Waals surface area (Å²) in [6, 6.07) is 19.4. The molecule has 2 atom stereocenters. The molecule has 8 nitrogen and oxygen atoms in total. The van der Waals surface area contributed by atoms with Crippen LogP contribution in [0.3, 0.4) is 0 Å². The number of imidazole rings is 1. The number of hydrogen-bond donors (Lipinski definition) is 1. The van der Waals surface area contributed by atoms with Crippen molar-refractivity contribution in [1.82, 2.24) is 14.5 Å². The number of rotatable bonds is 9. The lowest BCUT2D eigenvalue weighted by atomic mass is 9.97. The van der Waals surface area contributed by atoms with Crippen molar-refractivity contribution >= 4 is 44.0 Å². The van der Waals surface area contributed by atoms with Gasteiger partial charge in [0.15, 0.2) is 11.6 Å². The van der Waals surface area contributed by atoms with E-state index >= 15 is 0 Å². The Hall–Kier alpha value is -3.56. The number of fused-ring (bicyclic) bond motifs is 1. The van der Waals surface area contributed by atoms with Crippen molar-refractivity contribution in [1.29, 1.82) is 5.26 Å². The zero-order valence-corrected chi connectivity index (χ0v) is 24.9. The molecule has 1 N–H and O–H groups in total. The second-order valence-corrected chi connectivity index (χ2v) is 10.4. The van der Waals surface area contributed by atoms with Crippen molar-refractivity contribution in [2.24, 2.45) is 0 Å². The third kappa shape index (κ3) is 6.73. The molecule has 2 aliphatic rings. The Balaban J connectivity index is 0.00000202. The van der Waals surface area contributed by atoms with E-state index in [2.05, 4.69) is 21.6 Å². The number of likely N-dealkylation sites (tertiary alicyclic amines) is 1. The van der Waals surface area contributed by atoms with Gasteiger partial charge in [-0.1, -0.05) is 24.3 Å². The number of aromatic carboxylic acids is 1. The van der Waals surface area contributed by atoms with E-state index in [4.69, 9.17) is 19.7 Å². The monoisotopic (exact) mass is 608 g/mol. The Morgan fingerprint density at radius 2 is 1.98 bits per heavy atom. The lowest BCUT2D eigenvalue weighted by Gasteiger charge is -2.28. The third-order valence-corrected chi connectivity index (χ3v) is 7.77. The molecule has 220 valence electrons. The molecule has 0 radical (unpaired) electrons. The van der Waals surface area contributed by atoms with Gasteiger partial charge in [0, 0.05) is 13.2 Å². The molecule has 2 fully saturated rings. The van der Waals surface area contributed by atoms with Crippen molar-refractivity contribution in [3.05, 3.63) is 94.6 Å². The summed E-state index contributed by atoms with van der Waals surface area (Å²) >= 11 is 0. The van der Waals surface area contributed by atoms with E-state index in [1.165, 1.54) is 17.7 Å². The zero-order chi connectivity index (χ0) is 27.6. The molecule has 0 aliphatic carbocycles. The van der Waals surface area contributed by atoms with Gasteiger partial charge in [0.2, 0.25) is 0 Å². The van der Waals surface area contributed by atoms with Crippen LogP contribution < -0.4 is 4.74 Å². The molecule has 2 aliphatic heterocycles. The molecular weight excluding hydrogens is 575 g/mol. The highest BCUT2D eigenvalue weighted by Crippen LogP contribution is 2.30. The van der Waals surface area contributed by atoms with Gasteiger partial charge in [0.1, 0.15) is 12.4 Å². The summed E-state index contributed by atoms with van der Waals surface area (Å²) in [6.45, 7) is 4.12. The first-order valence-corrected chi connectivity index (χ1v) is 13.4. The van der Waals surface area contributed by atoms with Crippen LogP contribution in [0.25, 0.3) is 11.0 Å².